The Bertz CT molecular complexity index is 1310. The average molecular weight is 494 g/mol. The van der Waals surface area contributed by atoms with E-state index in [1.807, 2.05) is 0 Å². The summed E-state index contributed by atoms with van der Waals surface area (Å²) in [5.74, 6) is 0.976. The average Bonchev–Trinajstić information content (AvgIpc) is 2.88. The van der Waals surface area contributed by atoms with Crippen molar-refractivity contribution in [2.45, 2.75) is 45.2 Å². The monoisotopic (exact) mass is 493 g/mol. The zero-order valence-corrected chi connectivity index (χ0v) is 20.9. The first-order chi connectivity index (χ1) is 17.4. The number of aromatic nitrogens is 2. The van der Waals surface area contributed by atoms with E-state index in [1.165, 1.54) is 12.0 Å². The van der Waals surface area contributed by atoms with Gasteiger partial charge in [-0.25, -0.2) is 4.98 Å². The molecule has 0 saturated heterocycles. The summed E-state index contributed by atoms with van der Waals surface area (Å²) in [6, 6.07) is 10.2. The highest BCUT2D eigenvalue weighted by atomic mass is 16.5. The third-order valence-corrected chi connectivity index (χ3v) is 6.43. The number of carbonyl (C=O) groups is 2. The highest BCUT2D eigenvalue weighted by Crippen LogP contribution is 2.24. The van der Waals surface area contributed by atoms with E-state index < -0.39 is 5.97 Å². The van der Waals surface area contributed by atoms with E-state index in [4.69, 9.17) is 19.2 Å². The van der Waals surface area contributed by atoms with Crippen LogP contribution in [0.1, 0.15) is 47.4 Å². The Hall–Kier alpha value is -3.88. The highest BCUT2D eigenvalue weighted by molar-refractivity contribution is 5.99. The maximum absolute atomic E-state index is 13.6. The molecule has 3 aromatic rings. The summed E-state index contributed by atoms with van der Waals surface area (Å²) in [6.07, 6.45) is 4.88. The minimum atomic E-state index is -0.545. The van der Waals surface area contributed by atoms with Crippen LogP contribution in [-0.4, -0.2) is 54.2 Å². The summed E-state index contributed by atoms with van der Waals surface area (Å²) in [5, 5.41) is 0.480. The fraction of sp³-hybridized carbons (Fsp3) is 0.407. The number of hydrogen-bond donors (Lipinski definition) is 0. The van der Waals surface area contributed by atoms with E-state index in [9.17, 15) is 14.4 Å². The summed E-state index contributed by atoms with van der Waals surface area (Å²) in [7, 11) is 4.37. The largest absolute Gasteiger partial charge is 0.497 e. The van der Waals surface area contributed by atoms with Crippen LogP contribution >= 0.6 is 0 Å². The van der Waals surface area contributed by atoms with Crippen molar-refractivity contribution in [3.8, 4) is 11.5 Å². The molecule has 0 aliphatic carbocycles. The predicted octanol–water partition coefficient (Wildman–Crippen LogP) is 3.35. The maximum atomic E-state index is 13.6. The van der Waals surface area contributed by atoms with Gasteiger partial charge in [-0.05, 0) is 48.7 Å². The molecule has 0 atom stereocenters. The molecule has 9 heteroatoms. The van der Waals surface area contributed by atoms with Gasteiger partial charge in [0.2, 0.25) is 0 Å². The normalized spacial score (nSPS) is 13.3. The van der Waals surface area contributed by atoms with Gasteiger partial charge in [0, 0.05) is 31.1 Å². The lowest BCUT2D eigenvalue weighted by atomic mass is 10.1. The molecule has 4 rings (SSSR count). The van der Waals surface area contributed by atoms with Crippen molar-refractivity contribution >= 4 is 22.8 Å². The quantitative estimate of drug-likeness (QED) is 0.466. The Morgan fingerprint density at radius 1 is 0.972 bits per heavy atom. The maximum Gasteiger partial charge on any atom is 0.325 e. The molecule has 0 radical (unpaired) electrons. The molecular weight excluding hydrogens is 462 g/mol. The zero-order valence-electron chi connectivity index (χ0n) is 20.9. The lowest BCUT2D eigenvalue weighted by Gasteiger charge is -2.22. The van der Waals surface area contributed by atoms with Gasteiger partial charge in [0.15, 0.2) is 0 Å². The van der Waals surface area contributed by atoms with Crippen LogP contribution < -0.4 is 15.0 Å². The fourth-order valence-electron chi connectivity index (χ4n) is 4.51. The smallest absolute Gasteiger partial charge is 0.325 e. The number of nitrogens with zero attached hydrogens (tertiary/aromatic N) is 3. The van der Waals surface area contributed by atoms with Gasteiger partial charge in [0.25, 0.3) is 11.5 Å². The van der Waals surface area contributed by atoms with Crippen LogP contribution in [0.2, 0.25) is 0 Å². The van der Waals surface area contributed by atoms with E-state index in [0.717, 1.165) is 43.5 Å². The van der Waals surface area contributed by atoms with Crippen molar-refractivity contribution in [3.05, 3.63) is 63.7 Å². The fourth-order valence-corrected chi connectivity index (χ4v) is 4.51. The third-order valence-electron chi connectivity index (χ3n) is 6.43. The Morgan fingerprint density at radius 2 is 1.69 bits per heavy atom. The lowest BCUT2D eigenvalue weighted by molar-refractivity contribution is -0.141. The molecule has 1 aliphatic heterocycles. The number of fused-ring (bicyclic) bond motifs is 2. The molecule has 1 aliphatic rings. The number of aryl methyl sites for hydroxylation is 1. The predicted molar refractivity (Wildman–Crippen MR) is 134 cm³/mol. The van der Waals surface area contributed by atoms with Crippen molar-refractivity contribution < 1.29 is 23.8 Å². The standard InChI is InChI=1S/C27H31N3O6/c1-34-20-12-18(13-21(15-20)35-2)16-29(17-25(31)36-3)26(32)19-9-10-22-23(14-19)28-24-8-6-4-5-7-11-30(24)27(22)33/h9-10,12-15H,4-8,11,16-17H2,1-3H3. The number of ether oxygens (including phenoxy) is 3. The van der Waals surface area contributed by atoms with E-state index in [0.29, 0.717) is 34.5 Å². The molecule has 190 valence electrons. The molecule has 1 amide bonds. The summed E-state index contributed by atoms with van der Waals surface area (Å²) in [4.78, 5) is 45.0. The van der Waals surface area contributed by atoms with Crippen LogP contribution in [0.25, 0.3) is 10.9 Å². The lowest BCUT2D eigenvalue weighted by Crippen LogP contribution is -2.36. The molecular formula is C27H31N3O6. The van der Waals surface area contributed by atoms with Gasteiger partial charge in [-0.3, -0.25) is 19.0 Å². The number of esters is 1. The minimum Gasteiger partial charge on any atom is -0.497 e. The second kappa shape index (κ2) is 11.2. The molecule has 2 heterocycles. The Labute approximate surface area is 209 Å². The van der Waals surface area contributed by atoms with E-state index in [-0.39, 0.29) is 24.6 Å². The molecule has 0 spiro atoms. The molecule has 0 bridgehead atoms. The highest BCUT2D eigenvalue weighted by Gasteiger charge is 2.22. The second-order valence-corrected chi connectivity index (χ2v) is 8.84. The molecule has 36 heavy (non-hydrogen) atoms. The van der Waals surface area contributed by atoms with Gasteiger partial charge < -0.3 is 19.1 Å². The minimum absolute atomic E-state index is 0.0780. The third kappa shape index (κ3) is 5.50. The van der Waals surface area contributed by atoms with E-state index in [1.54, 1.807) is 55.2 Å². The second-order valence-electron chi connectivity index (χ2n) is 8.84. The Morgan fingerprint density at radius 3 is 2.39 bits per heavy atom. The first kappa shape index (κ1) is 25.2. The van der Waals surface area contributed by atoms with E-state index >= 15 is 0 Å². The SMILES string of the molecule is COC(=O)CN(Cc1cc(OC)cc(OC)c1)C(=O)c1ccc2c(=O)n3c(nc2c1)CCCCCC3. The van der Waals surface area contributed by atoms with Crippen LogP contribution in [0.4, 0.5) is 0 Å². The van der Waals surface area contributed by atoms with Gasteiger partial charge in [-0.15, -0.1) is 0 Å². The molecule has 0 fully saturated rings. The molecule has 0 unspecified atom stereocenters. The number of benzene rings is 2. The number of hydrogen-bond acceptors (Lipinski definition) is 7. The van der Waals surface area contributed by atoms with Crippen LogP contribution in [0.15, 0.2) is 41.2 Å². The zero-order chi connectivity index (χ0) is 25.7. The van der Waals surface area contributed by atoms with Crippen molar-refractivity contribution in [2.24, 2.45) is 0 Å². The van der Waals surface area contributed by atoms with Crippen molar-refractivity contribution in [1.29, 1.82) is 0 Å². The number of methoxy groups -OCH3 is 3. The summed E-state index contributed by atoms with van der Waals surface area (Å²) < 4.78 is 17.3. The van der Waals surface area contributed by atoms with Crippen LogP contribution in [0.3, 0.4) is 0 Å². The van der Waals surface area contributed by atoms with Crippen molar-refractivity contribution in [2.75, 3.05) is 27.9 Å². The summed E-state index contributed by atoms with van der Waals surface area (Å²) in [5.41, 5.74) is 1.47. The van der Waals surface area contributed by atoms with Gasteiger partial charge >= 0.3 is 5.97 Å². The van der Waals surface area contributed by atoms with Crippen molar-refractivity contribution in [3.63, 3.8) is 0 Å². The van der Waals surface area contributed by atoms with Gasteiger partial charge in [0.1, 0.15) is 23.9 Å². The van der Waals surface area contributed by atoms with Crippen LogP contribution in [0.5, 0.6) is 11.5 Å². The van der Waals surface area contributed by atoms with E-state index in [2.05, 4.69) is 0 Å². The molecule has 9 nitrogen and oxygen atoms in total. The Balaban J connectivity index is 1.70. The number of rotatable bonds is 7. The van der Waals surface area contributed by atoms with Crippen LogP contribution in [0, 0.1) is 0 Å². The molecule has 2 aromatic carbocycles. The topological polar surface area (TPSA) is 100.0 Å². The molecule has 0 saturated carbocycles. The summed E-state index contributed by atoms with van der Waals surface area (Å²) >= 11 is 0. The Kier molecular flexibility index (Phi) is 7.87. The first-order valence-electron chi connectivity index (χ1n) is 12.0. The van der Waals surface area contributed by atoms with Gasteiger partial charge in [-0.2, -0.15) is 0 Å². The molecule has 0 N–H and O–H groups in total. The van der Waals surface area contributed by atoms with Crippen molar-refractivity contribution in [1.82, 2.24) is 14.5 Å². The number of carbonyl (C=O) groups excluding carboxylic acids is 2. The van der Waals surface area contributed by atoms with Gasteiger partial charge in [0.05, 0.1) is 32.2 Å². The molecule has 1 aromatic heterocycles. The van der Waals surface area contributed by atoms with Crippen LogP contribution in [-0.2, 0) is 29.0 Å². The number of amides is 1. The van der Waals surface area contributed by atoms with Gasteiger partial charge in [-0.1, -0.05) is 12.8 Å². The first-order valence-corrected chi connectivity index (χ1v) is 12.0. The summed E-state index contributed by atoms with van der Waals surface area (Å²) in [6.45, 7) is 0.543.